The molecule has 1 aliphatic rings. The molecular weight excluding hydrogens is 392 g/mol. The van der Waals surface area contributed by atoms with Gasteiger partial charge in [-0.25, -0.2) is 9.97 Å². The van der Waals surface area contributed by atoms with Crippen molar-refractivity contribution in [1.82, 2.24) is 19.7 Å². The lowest BCUT2D eigenvalue weighted by Crippen LogP contribution is -2.43. The lowest BCUT2D eigenvalue weighted by atomic mass is 10.0. The number of nitrogens with one attached hydrogen (secondary N) is 2. The molecule has 164 valence electrons. The highest BCUT2D eigenvalue weighted by Gasteiger charge is 2.20. The Kier molecular flexibility index (Phi) is 5.93. The molecule has 1 aliphatic heterocycles. The van der Waals surface area contributed by atoms with Crippen LogP contribution in [0.4, 0.5) is 11.4 Å². The molecule has 4 rings (SSSR count). The number of aliphatic hydroxyl groups is 1. The first-order valence-corrected chi connectivity index (χ1v) is 10.7. The van der Waals surface area contributed by atoms with Crippen LogP contribution in [0.3, 0.4) is 0 Å². The zero-order chi connectivity index (χ0) is 22.0. The topological polar surface area (TPSA) is 94.8 Å². The molecule has 0 unspecified atom stereocenters. The smallest absolute Gasteiger partial charge is 0.274 e. The Labute approximate surface area is 182 Å². The molecule has 0 atom stereocenters. The highest BCUT2D eigenvalue weighted by atomic mass is 16.3. The van der Waals surface area contributed by atoms with Crippen LogP contribution in [0.15, 0.2) is 36.7 Å². The Bertz CT molecular complexity index is 1080. The van der Waals surface area contributed by atoms with Gasteiger partial charge in [0, 0.05) is 50.3 Å². The summed E-state index contributed by atoms with van der Waals surface area (Å²) in [5.74, 6) is -0.234. The van der Waals surface area contributed by atoms with E-state index in [2.05, 4.69) is 20.5 Å². The summed E-state index contributed by atoms with van der Waals surface area (Å²) in [4.78, 5) is 24.3. The lowest BCUT2D eigenvalue weighted by molar-refractivity contribution is 0.0711. The average Bonchev–Trinajstić information content (AvgIpc) is 3.14. The van der Waals surface area contributed by atoms with Crippen molar-refractivity contribution in [2.45, 2.75) is 39.2 Å². The number of hydrogen-bond acceptors (Lipinski definition) is 6. The van der Waals surface area contributed by atoms with Gasteiger partial charge in [0.1, 0.15) is 11.3 Å². The number of hydrogen-bond donors (Lipinski definition) is 3. The number of carbonyl (C=O) groups excluding carboxylic acids is 1. The number of amides is 1. The molecule has 3 aromatic heterocycles. The van der Waals surface area contributed by atoms with Crippen LogP contribution < -0.4 is 15.5 Å². The molecule has 8 heteroatoms. The molecule has 3 aromatic rings. The van der Waals surface area contributed by atoms with Crippen LogP contribution in [0.5, 0.6) is 0 Å². The highest BCUT2D eigenvalue weighted by Crippen LogP contribution is 2.29. The van der Waals surface area contributed by atoms with Gasteiger partial charge in [-0.2, -0.15) is 0 Å². The maximum absolute atomic E-state index is 12.9. The molecule has 3 N–H and O–H groups in total. The third-order valence-electron chi connectivity index (χ3n) is 5.44. The Hall–Kier alpha value is -2.97. The van der Waals surface area contributed by atoms with Gasteiger partial charge in [0.15, 0.2) is 0 Å². The lowest BCUT2D eigenvalue weighted by Gasteiger charge is -2.31. The predicted octanol–water partition coefficient (Wildman–Crippen LogP) is 2.40. The third-order valence-corrected chi connectivity index (χ3v) is 5.44. The monoisotopic (exact) mass is 422 g/mol. The average molecular weight is 423 g/mol. The van der Waals surface area contributed by atoms with Crippen molar-refractivity contribution in [2.24, 2.45) is 0 Å². The van der Waals surface area contributed by atoms with Gasteiger partial charge in [0.2, 0.25) is 0 Å². The number of carbonyl (C=O) groups is 1. The van der Waals surface area contributed by atoms with E-state index in [1.807, 2.05) is 41.9 Å². The molecule has 4 heterocycles. The largest absolute Gasteiger partial charge is 0.390 e. The third kappa shape index (κ3) is 5.21. The van der Waals surface area contributed by atoms with E-state index < -0.39 is 5.60 Å². The van der Waals surface area contributed by atoms with Crippen molar-refractivity contribution >= 4 is 22.9 Å². The van der Waals surface area contributed by atoms with E-state index in [1.54, 1.807) is 19.9 Å². The van der Waals surface area contributed by atoms with Crippen LogP contribution in [0, 0.1) is 6.92 Å². The van der Waals surface area contributed by atoms with Crippen molar-refractivity contribution in [3.63, 3.8) is 0 Å². The number of piperazine rings is 1. The maximum Gasteiger partial charge on any atom is 0.274 e. The number of pyridine rings is 2. The second kappa shape index (κ2) is 8.64. The van der Waals surface area contributed by atoms with Crippen LogP contribution in [0.1, 0.15) is 42.1 Å². The summed E-state index contributed by atoms with van der Waals surface area (Å²) in [6.07, 6.45) is 5.19. The molecule has 0 aromatic carbocycles. The minimum Gasteiger partial charge on any atom is -0.390 e. The van der Waals surface area contributed by atoms with E-state index in [0.717, 1.165) is 54.6 Å². The van der Waals surface area contributed by atoms with Gasteiger partial charge in [0.05, 0.1) is 22.7 Å². The zero-order valence-electron chi connectivity index (χ0n) is 18.4. The normalized spacial score (nSPS) is 14.8. The first-order valence-electron chi connectivity index (χ1n) is 10.7. The molecule has 1 fully saturated rings. The summed E-state index contributed by atoms with van der Waals surface area (Å²) < 4.78 is 1.94. The van der Waals surface area contributed by atoms with E-state index in [9.17, 15) is 9.90 Å². The number of rotatable bonds is 6. The standard InChI is InChI=1S/C23H30N6O2/c1-16-5-4-6-18(25-16)22(30)27-19-15-29-14-17(7-8-23(2,3)31)26-21(29)13-20(19)28-11-9-24-10-12-28/h4-6,13-15,24,31H,7-12H2,1-3H3,(H,27,30). The summed E-state index contributed by atoms with van der Waals surface area (Å²) in [7, 11) is 0. The van der Waals surface area contributed by atoms with Crippen molar-refractivity contribution in [3.05, 3.63) is 53.7 Å². The van der Waals surface area contributed by atoms with Gasteiger partial charge in [0.25, 0.3) is 5.91 Å². The molecule has 0 aliphatic carbocycles. The van der Waals surface area contributed by atoms with E-state index in [4.69, 9.17) is 4.98 Å². The summed E-state index contributed by atoms with van der Waals surface area (Å²) >= 11 is 0. The fourth-order valence-corrected chi connectivity index (χ4v) is 3.75. The van der Waals surface area contributed by atoms with Crippen molar-refractivity contribution < 1.29 is 9.90 Å². The van der Waals surface area contributed by atoms with E-state index in [-0.39, 0.29) is 5.91 Å². The molecule has 0 radical (unpaired) electrons. The summed E-state index contributed by atoms with van der Waals surface area (Å²) in [6.45, 7) is 8.97. The highest BCUT2D eigenvalue weighted by molar-refractivity contribution is 6.04. The van der Waals surface area contributed by atoms with E-state index >= 15 is 0 Å². The summed E-state index contributed by atoms with van der Waals surface area (Å²) in [5, 5.41) is 16.5. The summed E-state index contributed by atoms with van der Waals surface area (Å²) in [5.41, 5.74) is 3.88. The molecule has 1 amide bonds. The van der Waals surface area contributed by atoms with Gasteiger partial charge in [-0.05, 0) is 45.7 Å². The fraction of sp³-hybridized carbons (Fsp3) is 0.435. The van der Waals surface area contributed by atoms with Crippen LogP contribution >= 0.6 is 0 Å². The molecule has 0 spiro atoms. The van der Waals surface area contributed by atoms with E-state index in [0.29, 0.717) is 18.5 Å². The minimum atomic E-state index is -0.734. The number of fused-ring (bicyclic) bond motifs is 1. The number of aryl methyl sites for hydroxylation is 2. The SMILES string of the molecule is Cc1cccc(C(=O)Nc2cn3cc(CCC(C)(C)O)nc3cc2N2CCNCC2)n1. The van der Waals surface area contributed by atoms with Crippen LogP contribution in [0.25, 0.3) is 5.65 Å². The maximum atomic E-state index is 12.9. The van der Waals surface area contributed by atoms with Crippen molar-refractivity contribution in [3.8, 4) is 0 Å². The molecule has 8 nitrogen and oxygen atoms in total. The van der Waals surface area contributed by atoms with Gasteiger partial charge in [-0.1, -0.05) is 6.07 Å². The number of aromatic nitrogens is 3. The summed E-state index contributed by atoms with van der Waals surface area (Å²) in [6, 6.07) is 7.45. The van der Waals surface area contributed by atoms with Crippen LogP contribution in [0.2, 0.25) is 0 Å². The van der Waals surface area contributed by atoms with Crippen LogP contribution in [-0.2, 0) is 6.42 Å². The van der Waals surface area contributed by atoms with Crippen molar-refractivity contribution in [1.29, 1.82) is 0 Å². The molecular formula is C23H30N6O2. The van der Waals surface area contributed by atoms with Gasteiger partial charge in [-0.3, -0.25) is 4.79 Å². The fourth-order valence-electron chi connectivity index (χ4n) is 3.75. The predicted molar refractivity (Wildman–Crippen MR) is 122 cm³/mol. The van der Waals surface area contributed by atoms with E-state index in [1.165, 1.54) is 0 Å². The zero-order valence-corrected chi connectivity index (χ0v) is 18.4. The number of anilines is 2. The molecule has 0 saturated carbocycles. The van der Waals surface area contributed by atoms with Gasteiger partial charge >= 0.3 is 0 Å². The van der Waals surface area contributed by atoms with Gasteiger partial charge < -0.3 is 25.0 Å². The quantitative estimate of drug-likeness (QED) is 0.565. The Morgan fingerprint density at radius 2 is 2.00 bits per heavy atom. The Balaban J connectivity index is 1.67. The second-order valence-electron chi connectivity index (χ2n) is 8.74. The first-order chi connectivity index (χ1) is 14.8. The minimum absolute atomic E-state index is 0.234. The first kappa shape index (κ1) is 21.3. The molecule has 0 bridgehead atoms. The van der Waals surface area contributed by atoms with Crippen LogP contribution in [-0.4, -0.2) is 57.2 Å². The van der Waals surface area contributed by atoms with Gasteiger partial charge in [-0.15, -0.1) is 0 Å². The number of nitrogens with zero attached hydrogens (tertiary/aromatic N) is 4. The number of imidazole rings is 1. The molecule has 1 saturated heterocycles. The molecule has 31 heavy (non-hydrogen) atoms. The Morgan fingerprint density at radius 3 is 2.71 bits per heavy atom. The van der Waals surface area contributed by atoms with Crippen molar-refractivity contribution in [2.75, 3.05) is 36.4 Å². The Morgan fingerprint density at radius 1 is 1.23 bits per heavy atom. The second-order valence-corrected chi connectivity index (χ2v) is 8.74.